The first-order valence-corrected chi connectivity index (χ1v) is 10.1. The Morgan fingerprint density at radius 2 is 1.96 bits per heavy atom. The average molecular weight is 358 g/mol. The van der Waals surface area contributed by atoms with Gasteiger partial charge in [-0.2, -0.15) is 0 Å². The lowest BCUT2D eigenvalue weighted by Crippen LogP contribution is -2.38. The highest BCUT2D eigenvalue weighted by molar-refractivity contribution is 7.91. The Bertz CT molecular complexity index is 708. The van der Waals surface area contributed by atoms with E-state index in [1.165, 1.54) is 6.42 Å². The molecule has 2 aliphatic rings. The number of anilines is 1. The van der Waals surface area contributed by atoms with E-state index in [1.807, 2.05) is 0 Å². The van der Waals surface area contributed by atoms with E-state index in [0.29, 0.717) is 11.8 Å². The van der Waals surface area contributed by atoms with Crippen molar-refractivity contribution < 1.29 is 13.2 Å². The van der Waals surface area contributed by atoms with Gasteiger partial charge >= 0.3 is 0 Å². The van der Waals surface area contributed by atoms with Crippen molar-refractivity contribution in [3.63, 3.8) is 0 Å². The van der Waals surface area contributed by atoms with Crippen LogP contribution >= 0.6 is 11.3 Å². The van der Waals surface area contributed by atoms with Gasteiger partial charge in [0.15, 0.2) is 0 Å². The Hall–Kier alpha value is -1.06. The normalized spacial score (nSPS) is 27.3. The van der Waals surface area contributed by atoms with E-state index < -0.39 is 15.4 Å². The topological polar surface area (TPSA) is 101 Å². The van der Waals surface area contributed by atoms with Gasteiger partial charge in [-0.1, -0.05) is 38.5 Å². The molecule has 1 amide bonds. The summed E-state index contributed by atoms with van der Waals surface area (Å²) in [5.74, 6) is 0.880. The molecule has 2 fully saturated rings. The molecular weight excluding hydrogens is 336 g/mol. The van der Waals surface area contributed by atoms with Crippen LogP contribution in [0.25, 0.3) is 0 Å². The summed E-state index contributed by atoms with van der Waals surface area (Å²) in [6.45, 7) is 5.33. The maximum Gasteiger partial charge on any atom is 0.270 e. The number of aromatic nitrogens is 2. The summed E-state index contributed by atoms with van der Waals surface area (Å²) in [7, 11) is -3.67. The molecule has 3 rings (SSSR count). The first kappa shape index (κ1) is 16.8. The molecule has 9 heteroatoms. The second-order valence-corrected chi connectivity index (χ2v) is 10.3. The molecule has 1 heterocycles. The second-order valence-electron chi connectivity index (χ2n) is 7.48. The van der Waals surface area contributed by atoms with Crippen LogP contribution in [0.2, 0.25) is 0 Å². The van der Waals surface area contributed by atoms with E-state index >= 15 is 0 Å². The highest BCUT2D eigenvalue weighted by Crippen LogP contribution is 2.44. The molecule has 0 saturated heterocycles. The molecule has 128 valence electrons. The standard InChI is InChI=1S/C14H22N4O3S2/c1-14(2,3)11(19)15-12-16-17-13(22-12)23(20,21)18-10-7-8-4-5-9(10)6-8/h8-10,18H,4-7H2,1-3H3,(H,15,16,19)/t8-,9-,10+/m0/s1. The minimum atomic E-state index is -3.67. The molecule has 0 spiro atoms. The molecule has 1 aromatic rings. The van der Waals surface area contributed by atoms with Crippen LogP contribution in [-0.2, 0) is 14.8 Å². The molecule has 2 bridgehead atoms. The van der Waals surface area contributed by atoms with Gasteiger partial charge in [0.25, 0.3) is 10.0 Å². The number of amides is 1. The van der Waals surface area contributed by atoms with Gasteiger partial charge in [-0.25, -0.2) is 13.1 Å². The second kappa shape index (κ2) is 5.78. The van der Waals surface area contributed by atoms with Crippen LogP contribution in [0.1, 0.15) is 46.5 Å². The lowest BCUT2D eigenvalue weighted by molar-refractivity contribution is -0.123. The van der Waals surface area contributed by atoms with E-state index in [2.05, 4.69) is 20.2 Å². The molecule has 3 atom stereocenters. The highest BCUT2D eigenvalue weighted by atomic mass is 32.2. The summed E-state index contributed by atoms with van der Waals surface area (Å²) in [6, 6.07) is 0.00951. The monoisotopic (exact) mass is 358 g/mol. The number of hydrogen-bond donors (Lipinski definition) is 2. The summed E-state index contributed by atoms with van der Waals surface area (Å²) in [4.78, 5) is 11.9. The molecule has 7 nitrogen and oxygen atoms in total. The average Bonchev–Trinajstić information content (AvgIpc) is 3.12. The van der Waals surface area contributed by atoms with Crippen molar-refractivity contribution in [2.24, 2.45) is 17.3 Å². The van der Waals surface area contributed by atoms with Crippen molar-refractivity contribution in [3.05, 3.63) is 0 Å². The molecule has 1 aromatic heterocycles. The van der Waals surface area contributed by atoms with E-state index in [9.17, 15) is 13.2 Å². The van der Waals surface area contributed by atoms with Crippen molar-refractivity contribution in [2.75, 3.05) is 5.32 Å². The minimum absolute atomic E-state index is 0.00951. The van der Waals surface area contributed by atoms with Crippen molar-refractivity contribution >= 4 is 32.4 Å². The van der Waals surface area contributed by atoms with E-state index in [0.717, 1.165) is 30.6 Å². The van der Waals surface area contributed by atoms with E-state index in [4.69, 9.17) is 0 Å². The van der Waals surface area contributed by atoms with Crippen LogP contribution in [-0.4, -0.2) is 30.6 Å². The third-order valence-electron chi connectivity index (χ3n) is 4.58. The Morgan fingerprint density at radius 3 is 2.52 bits per heavy atom. The molecule has 2 aliphatic carbocycles. The van der Waals surface area contributed by atoms with Gasteiger partial charge in [-0.15, -0.1) is 10.2 Å². The van der Waals surface area contributed by atoms with E-state index in [-0.39, 0.29) is 21.4 Å². The zero-order valence-electron chi connectivity index (χ0n) is 13.5. The maximum atomic E-state index is 12.4. The predicted molar refractivity (Wildman–Crippen MR) is 87.6 cm³/mol. The molecule has 23 heavy (non-hydrogen) atoms. The van der Waals surface area contributed by atoms with Gasteiger partial charge in [0.1, 0.15) is 0 Å². The van der Waals surface area contributed by atoms with Gasteiger partial charge in [0.2, 0.25) is 15.4 Å². The molecular formula is C14H22N4O3S2. The quantitative estimate of drug-likeness (QED) is 0.802. The number of sulfonamides is 1. The van der Waals surface area contributed by atoms with Crippen LogP contribution in [0.15, 0.2) is 4.34 Å². The zero-order chi connectivity index (χ0) is 16.8. The molecule has 2 N–H and O–H groups in total. The lowest BCUT2D eigenvalue weighted by atomic mass is 9.96. The predicted octanol–water partition coefficient (Wildman–Crippen LogP) is 1.99. The smallest absolute Gasteiger partial charge is 0.270 e. The first-order valence-electron chi connectivity index (χ1n) is 7.82. The van der Waals surface area contributed by atoms with Gasteiger partial charge in [-0.05, 0) is 31.1 Å². The van der Waals surface area contributed by atoms with Gasteiger partial charge in [-0.3, -0.25) is 4.79 Å². The third-order valence-corrected chi connectivity index (χ3v) is 7.28. The summed E-state index contributed by atoms with van der Waals surface area (Å²) in [6.07, 6.45) is 4.35. The fraction of sp³-hybridized carbons (Fsp3) is 0.786. The van der Waals surface area contributed by atoms with Crippen molar-refractivity contribution in [1.82, 2.24) is 14.9 Å². The Kier molecular flexibility index (Phi) is 4.22. The lowest BCUT2D eigenvalue weighted by Gasteiger charge is -2.21. The van der Waals surface area contributed by atoms with E-state index in [1.54, 1.807) is 20.8 Å². The number of rotatable bonds is 4. The van der Waals surface area contributed by atoms with Crippen LogP contribution in [0.5, 0.6) is 0 Å². The van der Waals surface area contributed by atoms with Gasteiger partial charge < -0.3 is 5.32 Å². The Morgan fingerprint density at radius 1 is 1.22 bits per heavy atom. The molecule has 0 radical (unpaired) electrons. The molecule has 0 aromatic carbocycles. The third kappa shape index (κ3) is 3.56. The number of hydrogen-bond acceptors (Lipinski definition) is 6. The number of carbonyl (C=O) groups excluding carboxylic acids is 1. The molecule has 0 unspecified atom stereocenters. The fourth-order valence-electron chi connectivity index (χ4n) is 3.29. The number of nitrogens with one attached hydrogen (secondary N) is 2. The van der Waals surface area contributed by atoms with Crippen LogP contribution < -0.4 is 10.0 Å². The summed E-state index contributed by atoms with van der Waals surface area (Å²) in [5.41, 5.74) is -0.577. The largest absolute Gasteiger partial charge is 0.300 e. The van der Waals surface area contributed by atoms with Gasteiger partial charge in [0.05, 0.1) is 0 Å². The zero-order valence-corrected chi connectivity index (χ0v) is 15.1. The van der Waals surface area contributed by atoms with Crippen LogP contribution in [0, 0.1) is 17.3 Å². The van der Waals surface area contributed by atoms with Crippen LogP contribution in [0.4, 0.5) is 5.13 Å². The summed E-state index contributed by atoms with van der Waals surface area (Å²) < 4.78 is 27.6. The number of fused-ring (bicyclic) bond motifs is 2. The van der Waals surface area contributed by atoms with Crippen LogP contribution in [0.3, 0.4) is 0 Å². The number of carbonyl (C=O) groups is 1. The first-order chi connectivity index (χ1) is 10.6. The summed E-state index contributed by atoms with van der Waals surface area (Å²) in [5, 5.41) is 10.3. The SMILES string of the molecule is CC(C)(C)C(=O)Nc1nnc(S(=O)(=O)N[C@@H]2C[C@H]3CC[C@H]2C3)s1. The van der Waals surface area contributed by atoms with Crippen molar-refractivity contribution in [2.45, 2.75) is 56.8 Å². The van der Waals surface area contributed by atoms with Gasteiger partial charge in [0, 0.05) is 11.5 Å². The molecule has 2 saturated carbocycles. The van der Waals surface area contributed by atoms with Crippen molar-refractivity contribution in [3.8, 4) is 0 Å². The molecule has 0 aliphatic heterocycles. The maximum absolute atomic E-state index is 12.4. The minimum Gasteiger partial charge on any atom is -0.300 e. The highest BCUT2D eigenvalue weighted by Gasteiger charge is 2.41. The van der Waals surface area contributed by atoms with Crippen molar-refractivity contribution in [1.29, 1.82) is 0 Å². The fourth-order valence-corrected chi connectivity index (χ4v) is 5.52. The Labute approximate surface area is 140 Å². The Balaban J connectivity index is 1.68. The number of nitrogens with zero attached hydrogens (tertiary/aromatic N) is 2. The summed E-state index contributed by atoms with van der Waals surface area (Å²) >= 11 is 0.883.